The lowest BCUT2D eigenvalue weighted by molar-refractivity contribution is -0.384. The van der Waals surface area contributed by atoms with Crippen LogP contribution in [0.3, 0.4) is 0 Å². The number of hydrogen-bond donors (Lipinski definition) is 0. The van der Waals surface area contributed by atoms with Crippen LogP contribution in [0.25, 0.3) is 0 Å². The first kappa shape index (κ1) is 21.1. The minimum absolute atomic E-state index is 0.0835. The number of anilines is 2. The first-order chi connectivity index (χ1) is 14.3. The second-order valence-electron chi connectivity index (χ2n) is 6.63. The number of carbonyl (C=O) groups is 2. The number of thiazole rings is 1. The van der Waals surface area contributed by atoms with Crippen molar-refractivity contribution in [2.45, 2.75) is 27.4 Å². The number of esters is 1. The minimum atomic E-state index is -0.689. The van der Waals surface area contributed by atoms with E-state index in [-0.39, 0.29) is 23.8 Å². The maximum Gasteiger partial charge on any atom is 0.338 e. The van der Waals surface area contributed by atoms with Gasteiger partial charge in [0.2, 0.25) is 5.91 Å². The maximum atomic E-state index is 12.2. The number of ether oxygens (including phenoxy) is 1. The molecule has 3 rings (SSSR count). The van der Waals surface area contributed by atoms with Gasteiger partial charge in [0.05, 0.1) is 21.9 Å². The highest BCUT2D eigenvalue weighted by molar-refractivity contribution is 7.14. The van der Waals surface area contributed by atoms with Gasteiger partial charge in [0.15, 0.2) is 5.13 Å². The molecule has 0 aliphatic heterocycles. The average Bonchev–Trinajstić information content (AvgIpc) is 3.17. The molecule has 0 aliphatic carbocycles. The van der Waals surface area contributed by atoms with E-state index in [2.05, 4.69) is 4.98 Å². The summed E-state index contributed by atoms with van der Waals surface area (Å²) in [6.07, 6.45) is 0. The fraction of sp³-hybridized carbons (Fsp3) is 0.190. The van der Waals surface area contributed by atoms with Crippen LogP contribution in [-0.4, -0.2) is 21.8 Å². The number of aryl methyl sites for hydroxylation is 2. The van der Waals surface area contributed by atoms with E-state index in [4.69, 9.17) is 4.74 Å². The molecule has 0 saturated heterocycles. The fourth-order valence-corrected chi connectivity index (χ4v) is 3.60. The highest BCUT2D eigenvalue weighted by Gasteiger charge is 2.19. The first-order valence-electron chi connectivity index (χ1n) is 9.00. The number of non-ortho nitro benzene ring substituents is 1. The Labute approximate surface area is 176 Å². The van der Waals surface area contributed by atoms with Crippen molar-refractivity contribution in [3.63, 3.8) is 0 Å². The van der Waals surface area contributed by atoms with E-state index in [0.717, 1.165) is 17.2 Å². The van der Waals surface area contributed by atoms with Crippen molar-refractivity contribution >= 4 is 39.7 Å². The summed E-state index contributed by atoms with van der Waals surface area (Å²) in [5.41, 5.74) is 3.26. The van der Waals surface area contributed by atoms with Gasteiger partial charge in [-0.25, -0.2) is 9.78 Å². The van der Waals surface area contributed by atoms with Crippen molar-refractivity contribution in [3.8, 4) is 0 Å². The first-order valence-corrected chi connectivity index (χ1v) is 9.88. The van der Waals surface area contributed by atoms with Crippen molar-refractivity contribution in [1.29, 1.82) is 0 Å². The Balaban J connectivity index is 1.74. The van der Waals surface area contributed by atoms with E-state index in [0.29, 0.717) is 16.5 Å². The summed E-state index contributed by atoms with van der Waals surface area (Å²) >= 11 is 1.26. The molecule has 0 unspecified atom stereocenters. The van der Waals surface area contributed by atoms with Gasteiger partial charge in [-0.15, -0.1) is 11.3 Å². The van der Waals surface area contributed by atoms with Gasteiger partial charge in [-0.05, 0) is 43.2 Å². The van der Waals surface area contributed by atoms with Crippen LogP contribution in [0.5, 0.6) is 0 Å². The van der Waals surface area contributed by atoms with Crippen LogP contribution >= 0.6 is 11.3 Å². The Hall–Kier alpha value is -3.59. The van der Waals surface area contributed by atoms with Gasteiger partial charge >= 0.3 is 5.97 Å². The smallest absolute Gasteiger partial charge is 0.338 e. The van der Waals surface area contributed by atoms with Crippen LogP contribution in [-0.2, 0) is 16.1 Å². The molecule has 0 radical (unpaired) electrons. The van der Waals surface area contributed by atoms with Crippen LogP contribution in [0.1, 0.15) is 34.1 Å². The summed E-state index contributed by atoms with van der Waals surface area (Å²) in [7, 11) is 0. The summed E-state index contributed by atoms with van der Waals surface area (Å²) in [5.74, 6) is -0.876. The molecule has 0 saturated carbocycles. The molecule has 1 amide bonds. The third-order valence-corrected chi connectivity index (χ3v) is 5.31. The van der Waals surface area contributed by atoms with Crippen molar-refractivity contribution in [3.05, 3.63) is 80.3 Å². The summed E-state index contributed by atoms with van der Waals surface area (Å²) in [6.45, 7) is 5.31. The SMILES string of the molecule is CC(=O)N(c1ccc(C)c(C)c1)c1nc(COC(=O)c2cccc([N+](=O)[O-])c2)cs1. The second kappa shape index (κ2) is 8.83. The average molecular weight is 425 g/mol. The molecule has 30 heavy (non-hydrogen) atoms. The molecule has 0 spiro atoms. The van der Waals surface area contributed by atoms with Crippen LogP contribution in [0.4, 0.5) is 16.5 Å². The maximum absolute atomic E-state index is 12.2. The van der Waals surface area contributed by atoms with E-state index < -0.39 is 10.9 Å². The number of rotatable bonds is 6. The summed E-state index contributed by atoms with van der Waals surface area (Å²) < 4.78 is 5.22. The number of amides is 1. The molecule has 9 heteroatoms. The highest BCUT2D eigenvalue weighted by Crippen LogP contribution is 2.30. The topological polar surface area (TPSA) is 103 Å². The zero-order chi connectivity index (χ0) is 21.8. The summed E-state index contributed by atoms with van der Waals surface area (Å²) in [5, 5.41) is 13.0. The normalized spacial score (nSPS) is 10.5. The molecule has 1 aromatic heterocycles. The van der Waals surface area contributed by atoms with E-state index in [1.807, 2.05) is 32.0 Å². The van der Waals surface area contributed by atoms with Crippen LogP contribution < -0.4 is 4.90 Å². The predicted molar refractivity (Wildman–Crippen MR) is 113 cm³/mol. The van der Waals surface area contributed by atoms with E-state index in [1.165, 1.54) is 41.4 Å². The van der Waals surface area contributed by atoms with E-state index in [9.17, 15) is 19.7 Å². The van der Waals surface area contributed by atoms with Crippen LogP contribution in [0, 0.1) is 24.0 Å². The number of benzene rings is 2. The number of nitro groups is 1. The molecule has 0 bridgehead atoms. The summed E-state index contributed by atoms with van der Waals surface area (Å²) in [4.78, 5) is 40.6. The second-order valence-corrected chi connectivity index (χ2v) is 7.46. The van der Waals surface area contributed by atoms with Gasteiger partial charge in [0, 0.05) is 24.4 Å². The highest BCUT2D eigenvalue weighted by atomic mass is 32.1. The van der Waals surface area contributed by atoms with Crippen molar-refractivity contribution in [2.75, 3.05) is 4.90 Å². The molecule has 8 nitrogen and oxygen atoms in total. The van der Waals surface area contributed by atoms with Gasteiger partial charge in [0.25, 0.3) is 5.69 Å². The lowest BCUT2D eigenvalue weighted by Gasteiger charge is -2.19. The number of carbonyl (C=O) groups excluding carboxylic acids is 2. The number of nitrogens with zero attached hydrogens (tertiary/aromatic N) is 3. The van der Waals surface area contributed by atoms with Crippen molar-refractivity contribution in [1.82, 2.24) is 4.98 Å². The van der Waals surface area contributed by atoms with Crippen molar-refractivity contribution < 1.29 is 19.2 Å². The Morgan fingerprint density at radius 2 is 1.93 bits per heavy atom. The van der Waals surface area contributed by atoms with E-state index >= 15 is 0 Å². The molecular formula is C21H19N3O5S. The lowest BCUT2D eigenvalue weighted by Crippen LogP contribution is -2.22. The van der Waals surface area contributed by atoms with Crippen LogP contribution in [0.15, 0.2) is 47.8 Å². The van der Waals surface area contributed by atoms with Gasteiger partial charge in [-0.1, -0.05) is 12.1 Å². The lowest BCUT2D eigenvalue weighted by atomic mass is 10.1. The number of hydrogen-bond acceptors (Lipinski definition) is 7. The van der Waals surface area contributed by atoms with Gasteiger partial charge in [-0.2, -0.15) is 0 Å². The minimum Gasteiger partial charge on any atom is -0.456 e. The van der Waals surface area contributed by atoms with Crippen molar-refractivity contribution in [2.24, 2.45) is 0 Å². The zero-order valence-corrected chi connectivity index (χ0v) is 17.4. The molecular weight excluding hydrogens is 406 g/mol. The number of nitro benzene ring substituents is 1. The van der Waals surface area contributed by atoms with Gasteiger partial charge < -0.3 is 4.74 Å². The molecule has 1 heterocycles. The van der Waals surface area contributed by atoms with Crippen LogP contribution in [0.2, 0.25) is 0 Å². The Morgan fingerprint density at radius 1 is 1.17 bits per heavy atom. The third-order valence-electron chi connectivity index (χ3n) is 4.44. The fourth-order valence-electron chi connectivity index (χ4n) is 2.73. The molecule has 154 valence electrons. The monoisotopic (exact) mass is 425 g/mol. The van der Waals surface area contributed by atoms with Gasteiger partial charge in [0.1, 0.15) is 6.61 Å². The van der Waals surface area contributed by atoms with E-state index in [1.54, 1.807) is 5.38 Å². The standard InChI is InChI=1S/C21H19N3O5S/c1-13-7-8-18(9-14(13)2)23(15(3)25)21-22-17(12-30-21)11-29-20(26)16-5-4-6-19(10-16)24(27)28/h4-10,12H,11H2,1-3H3. The molecule has 0 atom stereocenters. The van der Waals surface area contributed by atoms with Gasteiger partial charge in [-0.3, -0.25) is 19.8 Å². The largest absolute Gasteiger partial charge is 0.456 e. The molecule has 0 fully saturated rings. The predicted octanol–water partition coefficient (Wildman–Crippen LogP) is 4.71. The molecule has 3 aromatic rings. The molecule has 0 N–H and O–H groups in total. The quantitative estimate of drug-likeness (QED) is 0.322. The zero-order valence-electron chi connectivity index (χ0n) is 16.6. The Kier molecular flexibility index (Phi) is 6.22. The Bertz CT molecular complexity index is 1130. The third kappa shape index (κ3) is 4.69. The molecule has 2 aromatic carbocycles. The summed E-state index contributed by atoms with van der Waals surface area (Å²) in [6, 6.07) is 11.0. The number of aromatic nitrogens is 1. The molecule has 0 aliphatic rings. The Morgan fingerprint density at radius 3 is 2.60 bits per heavy atom.